The van der Waals surface area contributed by atoms with E-state index < -0.39 is 0 Å². The fourth-order valence-electron chi connectivity index (χ4n) is 3.35. The first-order valence-corrected chi connectivity index (χ1v) is 9.70. The minimum absolute atomic E-state index is 0.149. The van der Waals surface area contributed by atoms with E-state index in [1.54, 1.807) is 7.05 Å². The first-order chi connectivity index (χ1) is 12.3. The fourth-order valence-corrected chi connectivity index (χ4v) is 3.35. The van der Waals surface area contributed by atoms with E-state index >= 15 is 0 Å². The van der Waals surface area contributed by atoms with Crippen LogP contribution in [0.25, 0.3) is 0 Å². The van der Waals surface area contributed by atoms with Crippen LogP contribution in [-0.2, 0) is 11.2 Å². The SMILES string of the molecule is CN=C(NCCc1nc(C(C)C)no1)NCC1CCCOC1C(C)(C)C. The highest BCUT2D eigenvalue weighted by Crippen LogP contribution is 2.33. The van der Waals surface area contributed by atoms with Crippen molar-refractivity contribution >= 4 is 5.96 Å². The lowest BCUT2D eigenvalue weighted by atomic mass is 9.78. The van der Waals surface area contributed by atoms with Crippen molar-refractivity contribution in [1.82, 2.24) is 20.8 Å². The van der Waals surface area contributed by atoms with Crippen LogP contribution < -0.4 is 10.6 Å². The second-order valence-corrected chi connectivity index (χ2v) is 8.39. The summed E-state index contributed by atoms with van der Waals surface area (Å²) in [5, 5.41) is 10.8. The van der Waals surface area contributed by atoms with Gasteiger partial charge in [0.15, 0.2) is 11.8 Å². The third kappa shape index (κ3) is 5.97. The topological polar surface area (TPSA) is 84.6 Å². The molecule has 0 aliphatic carbocycles. The van der Waals surface area contributed by atoms with E-state index in [9.17, 15) is 0 Å². The number of nitrogens with zero attached hydrogens (tertiary/aromatic N) is 3. The quantitative estimate of drug-likeness (QED) is 0.596. The molecule has 1 aromatic heterocycles. The zero-order chi connectivity index (χ0) is 19.2. The van der Waals surface area contributed by atoms with Crippen molar-refractivity contribution in [3.8, 4) is 0 Å². The smallest absolute Gasteiger partial charge is 0.228 e. The summed E-state index contributed by atoms with van der Waals surface area (Å²) >= 11 is 0. The van der Waals surface area contributed by atoms with Crippen molar-refractivity contribution in [3.05, 3.63) is 11.7 Å². The summed E-state index contributed by atoms with van der Waals surface area (Å²) in [6.07, 6.45) is 3.26. The maximum absolute atomic E-state index is 6.05. The summed E-state index contributed by atoms with van der Waals surface area (Å²) in [5.41, 5.74) is 0.149. The first-order valence-electron chi connectivity index (χ1n) is 9.70. The molecule has 1 aromatic rings. The summed E-state index contributed by atoms with van der Waals surface area (Å²) in [5.74, 6) is 2.99. The summed E-state index contributed by atoms with van der Waals surface area (Å²) < 4.78 is 11.3. The van der Waals surface area contributed by atoms with Gasteiger partial charge in [0.1, 0.15) is 0 Å². The molecule has 1 fully saturated rings. The van der Waals surface area contributed by atoms with Gasteiger partial charge in [-0.1, -0.05) is 39.8 Å². The third-order valence-electron chi connectivity index (χ3n) is 4.69. The second-order valence-electron chi connectivity index (χ2n) is 8.39. The number of hydrogen-bond acceptors (Lipinski definition) is 5. The molecule has 0 aromatic carbocycles. The second kappa shape index (κ2) is 9.35. The van der Waals surface area contributed by atoms with Crippen LogP contribution in [0, 0.1) is 11.3 Å². The van der Waals surface area contributed by atoms with Gasteiger partial charge in [-0.3, -0.25) is 4.99 Å². The van der Waals surface area contributed by atoms with Crippen molar-refractivity contribution in [2.75, 3.05) is 26.7 Å². The summed E-state index contributed by atoms with van der Waals surface area (Å²) in [4.78, 5) is 8.71. The highest BCUT2D eigenvalue weighted by Gasteiger charge is 2.35. The normalized spacial score (nSPS) is 21.9. The fraction of sp³-hybridized carbons (Fsp3) is 0.842. The van der Waals surface area contributed by atoms with Crippen LogP contribution in [0.15, 0.2) is 9.52 Å². The summed E-state index contributed by atoms with van der Waals surface area (Å²) in [7, 11) is 1.79. The van der Waals surface area contributed by atoms with Crippen molar-refractivity contribution in [3.63, 3.8) is 0 Å². The Hall–Kier alpha value is -1.63. The molecule has 2 rings (SSSR count). The molecule has 0 amide bonds. The third-order valence-corrected chi connectivity index (χ3v) is 4.69. The number of aliphatic imine (C=N–C) groups is 1. The molecule has 1 saturated heterocycles. The molecule has 0 bridgehead atoms. The average Bonchev–Trinajstić information content (AvgIpc) is 3.06. The van der Waals surface area contributed by atoms with Gasteiger partial charge >= 0.3 is 0 Å². The molecular formula is C19H35N5O2. The highest BCUT2D eigenvalue weighted by atomic mass is 16.5. The number of aromatic nitrogens is 2. The van der Waals surface area contributed by atoms with Crippen LogP contribution in [-0.4, -0.2) is 48.9 Å². The maximum Gasteiger partial charge on any atom is 0.228 e. The van der Waals surface area contributed by atoms with Crippen LogP contribution in [0.4, 0.5) is 0 Å². The molecule has 0 spiro atoms. The van der Waals surface area contributed by atoms with Gasteiger partial charge in [-0.2, -0.15) is 4.98 Å². The molecule has 1 aliphatic rings. The highest BCUT2D eigenvalue weighted by molar-refractivity contribution is 5.79. The van der Waals surface area contributed by atoms with Gasteiger partial charge in [0.2, 0.25) is 5.89 Å². The van der Waals surface area contributed by atoms with Crippen LogP contribution in [0.1, 0.15) is 65.1 Å². The minimum atomic E-state index is 0.149. The van der Waals surface area contributed by atoms with Crippen molar-refractivity contribution < 1.29 is 9.26 Å². The lowest BCUT2D eigenvalue weighted by molar-refractivity contribution is -0.0835. The van der Waals surface area contributed by atoms with Gasteiger partial charge < -0.3 is 19.9 Å². The average molecular weight is 366 g/mol. The Morgan fingerprint density at radius 1 is 1.31 bits per heavy atom. The van der Waals surface area contributed by atoms with Gasteiger partial charge in [-0.05, 0) is 18.3 Å². The lowest BCUT2D eigenvalue weighted by Gasteiger charge is -2.40. The molecule has 2 heterocycles. The monoisotopic (exact) mass is 365 g/mol. The minimum Gasteiger partial charge on any atom is -0.377 e. The van der Waals surface area contributed by atoms with Gasteiger partial charge in [-0.15, -0.1) is 0 Å². The molecular weight excluding hydrogens is 330 g/mol. The van der Waals surface area contributed by atoms with E-state index in [4.69, 9.17) is 9.26 Å². The largest absolute Gasteiger partial charge is 0.377 e. The number of nitrogens with one attached hydrogen (secondary N) is 2. The number of guanidine groups is 1. The van der Waals surface area contributed by atoms with Gasteiger partial charge in [0.05, 0.1) is 6.10 Å². The van der Waals surface area contributed by atoms with E-state index in [1.807, 2.05) is 0 Å². The van der Waals surface area contributed by atoms with Crippen LogP contribution in [0.3, 0.4) is 0 Å². The number of ether oxygens (including phenoxy) is 1. The Morgan fingerprint density at radius 2 is 2.08 bits per heavy atom. The van der Waals surface area contributed by atoms with E-state index in [0.29, 0.717) is 24.8 Å². The zero-order valence-corrected chi connectivity index (χ0v) is 17.1. The van der Waals surface area contributed by atoms with Gasteiger partial charge in [0.25, 0.3) is 0 Å². The Morgan fingerprint density at radius 3 is 2.69 bits per heavy atom. The maximum atomic E-state index is 6.05. The molecule has 148 valence electrons. The summed E-state index contributed by atoms with van der Waals surface area (Å²) in [6.45, 7) is 13.3. The van der Waals surface area contributed by atoms with Crippen molar-refractivity contribution in [2.45, 2.75) is 65.9 Å². The molecule has 7 heteroatoms. The summed E-state index contributed by atoms with van der Waals surface area (Å²) in [6, 6.07) is 0. The zero-order valence-electron chi connectivity index (χ0n) is 17.1. The van der Waals surface area contributed by atoms with Crippen LogP contribution in [0.2, 0.25) is 0 Å². The van der Waals surface area contributed by atoms with Crippen LogP contribution in [0.5, 0.6) is 0 Å². The molecule has 1 aliphatic heterocycles. The van der Waals surface area contributed by atoms with E-state index in [2.05, 4.69) is 60.4 Å². The molecule has 0 radical (unpaired) electrons. The molecule has 7 nitrogen and oxygen atoms in total. The van der Waals surface area contributed by atoms with E-state index in [1.165, 1.54) is 6.42 Å². The van der Waals surface area contributed by atoms with E-state index in [-0.39, 0.29) is 17.4 Å². The Bertz CT molecular complexity index is 577. The van der Waals surface area contributed by atoms with Crippen LogP contribution >= 0.6 is 0 Å². The molecule has 0 saturated carbocycles. The predicted molar refractivity (Wildman–Crippen MR) is 103 cm³/mol. The number of hydrogen-bond donors (Lipinski definition) is 2. The molecule has 2 atom stereocenters. The van der Waals surface area contributed by atoms with Crippen molar-refractivity contribution in [1.29, 1.82) is 0 Å². The van der Waals surface area contributed by atoms with Crippen molar-refractivity contribution in [2.24, 2.45) is 16.3 Å². The van der Waals surface area contributed by atoms with E-state index in [0.717, 1.165) is 31.4 Å². The first kappa shape index (κ1) is 20.7. The van der Waals surface area contributed by atoms with Gasteiger partial charge in [0, 0.05) is 45.0 Å². The van der Waals surface area contributed by atoms with Gasteiger partial charge in [-0.25, -0.2) is 0 Å². The Labute approximate surface area is 157 Å². The lowest BCUT2D eigenvalue weighted by Crippen LogP contribution is -2.47. The molecule has 2 N–H and O–H groups in total. The molecule has 26 heavy (non-hydrogen) atoms. The number of rotatable bonds is 6. The standard InChI is InChI=1S/C19H35N5O2/c1-13(2)17-23-15(26-24-17)9-10-21-18(20-6)22-12-14-8-7-11-25-16(14)19(3,4)5/h13-14,16H,7-12H2,1-6H3,(H2,20,21,22). The Balaban J connectivity index is 1.78. The predicted octanol–water partition coefficient (Wildman–Crippen LogP) is 2.74. The molecule has 2 unspecified atom stereocenters. The Kier molecular flexibility index (Phi) is 7.43.